The maximum atomic E-state index is 11.6. The van der Waals surface area contributed by atoms with E-state index in [4.69, 9.17) is 4.74 Å². The van der Waals surface area contributed by atoms with Crippen LogP contribution in [0.4, 0.5) is 9.59 Å². The van der Waals surface area contributed by atoms with Crippen LogP contribution in [0.3, 0.4) is 0 Å². The smallest absolute Gasteiger partial charge is 0.266 e. The lowest BCUT2D eigenvalue weighted by Crippen LogP contribution is -2.22. The van der Waals surface area contributed by atoms with Crippen molar-refractivity contribution >= 4 is 26.3 Å². The van der Waals surface area contributed by atoms with E-state index in [2.05, 4.69) is 0 Å². The van der Waals surface area contributed by atoms with Gasteiger partial charge < -0.3 is 4.74 Å². The molecular weight excluding hydrogens is 286 g/mol. The summed E-state index contributed by atoms with van der Waals surface area (Å²) in [5.74, 6) is -1.23. The molecule has 0 saturated carbocycles. The second-order valence-electron chi connectivity index (χ2n) is 5.53. The van der Waals surface area contributed by atoms with E-state index in [0.717, 1.165) is 22.3 Å². The normalized spacial score (nSPS) is 10.0. The summed E-state index contributed by atoms with van der Waals surface area (Å²) in [6.07, 6.45) is 0.898. The first kappa shape index (κ1) is 17.1. The molecule has 0 saturated heterocycles. The molecule has 0 atom stereocenters. The lowest BCUT2D eigenvalue weighted by atomic mass is 9.70. The number of carbonyl (C=O) groups is 2. The maximum absolute atomic E-state index is 11.6. The molecule has 0 aliphatic rings. The quantitative estimate of drug-likeness (QED) is 0.604. The van der Waals surface area contributed by atoms with Crippen LogP contribution in [-0.2, 0) is 17.4 Å². The molecule has 23 heavy (non-hydrogen) atoms. The van der Waals surface area contributed by atoms with Crippen LogP contribution in [0.5, 0.6) is 0 Å². The van der Waals surface area contributed by atoms with Crippen molar-refractivity contribution in [2.45, 2.75) is 26.5 Å². The number of hydrogen-bond acceptors (Lipinski definition) is 3. The minimum Gasteiger partial charge on any atom is -0.412 e. The Morgan fingerprint density at radius 2 is 1.09 bits per heavy atom. The van der Waals surface area contributed by atoms with Crippen LogP contribution in [-0.4, -0.2) is 26.3 Å². The molecule has 0 bridgehead atoms. The molecule has 0 fully saturated rings. The van der Waals surface area contributed by atoms with E-state index in [1.54, 1.807) is 0 Å². The Bertz CT molecular complexity index is 604. The van der Waals surface area contributed by atoms with Crippen LogP contribution in [0.2, 0.25) is 0 Å². The fraction of sp³-hybridized carbons (Fsp3) is 0.222. The van der Waals surface area contributed by atoms with E-state index >= 15 is 0 Å². The molecule has 0 aromatic heterocycles. The number of aryl methyl sites for hydroxylation is 2. The maximum Gasteiger partial charge on any atom is 0.266 e. The molecule has 0 aliphatic heterocycles. The van der Waals surface area contributed by atoms with Gasteiger partial charge in [0.25, 0.3) is 26.3 Å². The molecule has 114 valence electrons. The SMILES string of the molecule is Cc1ccc(C[B]C(=O)OC(=O)[B]Cc2ccc(C)cc2)cc1. The van der Waals surface area contributed by atoms with Crippen LogP contribution in [0.1, 0.15) is 22.3 Å². The number of ether oxygens (including phenoxy) is 1. The molecule has 0 unspecified atom stereocenters. The average Bonchev–Trinajstić information content (AvgIpc) is 2.54. The molecule has 0 N–H and O–H groups in total. The standard InChI is InChI=1S/C18H18B2O3/c1-13-3-7-15(8-4-13)11-19-17(21)23-18(22)20-12-16-9-5-14(2)6-10-16/h3-10H,11-12H2,1-2H3. The van der Waals surface area contributed by atoms with Gasteiger partial charge in [-0.1, -0.05) is 70.8 Å². The highest BCUT2D eigenvalue weighted by Gasteiger charge is 2.13. The van der Waals surface area contributed by atoms with Crippen molar-refractivity contribution in [3.8, 4) is 0 Å². The van der Waals surface area contributed by atoms with E-state index < -0.39 is 11.7 Å². The van der Waals surface area contributed by atoms with Gasteiger partial charge in [0.05, 0.1) is 0 Å². The Labute approximate surface area is 138 Å². The summed E-state index contributed by atoms with van der Waals surface area (Å²) in [6, 6.07) is 15.7. The van der Waals surface area contributed by atoms with Gasteiger partial charge in [-0.25, -0.2) is 0 Å². The average molecular weight is 304 g/mol. The minimum absolute atomic E-state index is 0.449. The van der Waals surface area contributed by atoms with Gasteiger partial charge in [-0.15, -0.1) is 0 Å². The van der Waals surface area contributed by atoms with Crippen LogP contribution in [0.15, 0.2) is 48.5 Å². The third-order valence-electron chi connectivity index (χ3n) is 3.45. The lowest BCUT2D eigenvalue weighted by Gasteiger charge is -2.03. The first-order chi connectivity index (χ1) is 11.0. The Morgan fingerprint density at radius 3 is 1.43 bits per heavy atom. The second-order valence-corrected chi connectivity index (χ2v) is 5.53. The van der Waals surface area contributed by atoms with Gasteiger partial charge in [0.1, 0.15) is 0 Å². The predicted octanol–water partition coefficient (Wildman–Crippen LogP) is 3.67. The van der Waals surface area contributed by atoms with Crippen LogP contribution >= 0.6 is 0 Å². The van der Waals surface area contributed by atoms with E-state index in [1.807, 2.05) is 62.4 Å². The molecule has 2 rings (SSSR count). The molecule has 0 heterocycles. The van der Waals surface area contributed by atoms with E-state index in [0.29, 0.717) is 12.6 Å². The van der Waals surface area contributed by atoms with Gasteiger partial charge in [-0.05, 0) is 26.5 Å². The van der Waals surface area contributed by atoms with E-state index in [1.165, 1.54) is 14.6 Å². The summed E-state index contributed by atoms with van der Waals surface area (Å²) in [6.45, 7) is 4.01. The van der Waals surface area contributed by atoms with E-state index in [9.17, 15) is 9.59 Å². The summed E-state index contributed by atoms with van der Waals surface area (Å²) in [5.41, 5.74) is 4.33. The zero-order chi connectivity index (χ0) is 16.7. The van der Waals surface area contributed by atoms with Gasteiger partial charge >= 0.3 is 0 Å². The van der Waals surface area contributed by atoms with Gasteiger partial charge in [-0.2, -0.15) is 0 Å². The van der Waals surface area contributed by atoms with Gasteiger partial charge in [0.15, 0.2) is 0 Å². The summed E-state index contributed by atoms with van der Waals surface area (Å²) in [4.78, 5) is 23.3. The summed E-state index contributed by atoms with van der Waals surface area (Å²) in [5, 5.41) is 0. The monoisotopic (exact) mass is 304 g/mol. The largest absolute Gasteiger partial charge is 0.412 e. The Kier molecular flexibility index (Phi) is 6.21. The molecule has 5 heteroatoms. The van der Waals surface area contributed by atoms with Crippen molar-refractivity contribution in [2.24, 2.45) is 0 Å². The zero-order valence-corrected chi connectivity index (χ0v) is 13.4. The van der Waals surface area contributed by atoms with Crippen LogP contribution < -0.4 is 0 Å². The molecule has 2 radical (unpaired) electrons. The number of carbonyl (C=O) groups excluding carboxylic acids is 2. The lowest BCUT2D eigenvalue weighted by molar-refractivity contribution is 0.183. The first-order valence-corrected chi connectivity index (χ1v) is 7.56. The van der Waals surface area contributed by atoms with Gasteiger partial charge in [-0.3, -0.25) is 9.59 Å². The minimum atomic E-state index is -0.615. The second kappa shape index (κ2) is 8.37. The van der Waals surface area contributed by atoms with Crippen LogP contribution in [0.25, 0.3) is 0 Å². The molecule has 2 aromatic rings. The van der Waals surface area contributed by atoms with E-state index in [-0.39, 0.29) is 0 Å². The van der Waals surface area contributed by atoms with Gasteiger partial charge in [0.2, 0.25) is 0 Å². The third kappa shape index (κ3) is 6.15. The molecular formula is C18H18B2O3. The Hall–Kier alpha value is -2.29. The summed E-state index contributed by atoms with van der Waals surface area (Å²) >= 11 is 0. The highest BCUT2D eigenvalue weighted by atomic mass is 16.6. The van der Waals surface area contributed by atoms with Crippen molar-refractivity contribution < 1.29 is 14.3 Å². The fourth-order valence-electron chi connectivity index (χ4n) is 2.03. The van der Waals surface area contributed by atoms with Gasteiger partial charge in [0, 0.05) is 0 Å². The number of benzene rings is 2. The summed E-state index contributed by atoms with van der Waals surface area (Å²) in [7, 11) is 2.75. The number of rotatable bonds is 6. The molecule has 2 aromatic carbocycles. The fourth-order valence-corrected chi connectivity index (χ4v) is 2.03. The highest BCUT2D eigenvalue weighted by molar-refractivity contribution is 6.77. The van der Waals surface area contributed by atoms with Crippen molar-refractivity contribution in [1.82, 2.24) is 0 Å². The zero-order valence-electron chi connectivity index (χ0n) is 13.4. The molecule has 0 aliphatic carbocycles. The third-order valence-corrected chi connectivity index (χ3v) is 3.45. The van der Waals surface area contributed by atoms with Crippen molar-refractivity contribution in [1.29, 1.82) is 0 Å². The summed E-state index contributed by atoms with van der Waals surface area (Å²) < 4.78 is 4.75. The van der Waals surface area contributed by atoms with Crippen LogP contribution in [0, 0.1) is 13.8 Å². The predicted molar refractivity (Wildman–Crippen MR) is 93.2 cm³/mol. The first-order valence-electron chi connectivity index (χ1n) is 7.56. The molecule has 0 spiro atoms. The number of hydrogen-bond donors (Lipinski definition) is 0. The molecule has 0 amide bonds. The molecule has 3 nitrogen and oxygen atoms in total. The van der Waals surface area contributed by atoms with Crippen molar-refractivity contribution in [2.75, 3.05) is 0 Å². The Balaban J connectivity index is 1.70. The van der Waals surface area contributed by atoms with Crippen molar-refractivity contribution in [3.05, 3.63) is 70.8 Å². The highest BCUT2D eigenvalue weighted by Crippen LogP contribution is 2.05. The Morgan fingerprint density at radius 1 is 0.739 bits per heavy atom. The van der Waals surface area contributed by atoms with Crippen molar-refractivity contribution in [3.63, 3.8) is 0 Å². The topological polar surface area (TPSA) is 43.4 Å².